The van der Waals surface area contributed by atoms with Gasteiger partial charge in [0, 0.05) is 25.4 Å². The normalized spacial score (nSPS) is 23.8. The minimum absolute atomic E-state index is 0.0590. The summed E-state index contributed by atoms with van der Waals surface area (Å²) >= 11 is 0. The Morgan fingerprint density at radius 1 is 1.67 bits per heavy atom. The van der Waals surface area contributed by atoms with Crippen molar-refractivity contribution in [2.24, 2.45) is 11.8 Å². The third-order valence-electron chi connectivity index (χ3n) is 2.02. The smallest absolute Gasteiger partial charge is 0.223 e. The molecule has 1 aliphatic heterocycles. The third kappa shape index (κ3) is 2.06. The molecule has 1 amide bonds. The average molecular weight is 169 g/mol. The number of carbonyl (C=O) groups is 2. The Morgan fingerprint density at radius 2 is 2.33 bits per heavy atom. The molecule has 3 heteroatoms. The highest BCUT2D eigenvalue weighted by molar-refractivity contribution is 5.82. The summed E-state index contributed by atoms with van der Waals surface area (Å²) in [6.07, 6.45) is 1.30. The summed E-state index contributed by atoms with van der Waals surface area (Å²) in [5, 5.41) is 0. The highest BCUT2D eigenvalue weighted by Gasteiger charge is 2.28. The molecule has 0 aliphatic carbocycles. The van der Waals surface area contributed by atoms with Crippen LogP contribution in [0.15, 0.2) is 0 Å². The van der Waals surface area contributed by atoms with Crippen LogP contribution >= 0.6 is 0 Å². The average Bonchev–Trinajstić information content (AvgIpc) is 2.31. The maximum atomic E-state index is 11.2. The van der Waals surface area contributed by atoms with Gasteiger partial charge < -0.3 is 9.69 Å². The molecule has 1 aliphatic rings. The third-order valence-corrected chi connectivity index (χ3v) is 2.02. The van der Waals surface area contributed by atoms with Gasteiger partial charge in [-0.2, -0.15) is 0 Å². The first-order valence-corrected chi connectivity index (χ1v) is 4.36. The van der Waals surface area contributed by atoms with Crippen molar-refractivity contribution in [3.05, 3.63) is 0 Å². The van der Waals surface area contributed by atoms with E-state index >= 15 is 0 Å². The molecule has 0 saturated carbocycles. The van der Waals surface area contributed by atoms with Crippen LogP contribution in [-0.4, -0.2) is 30.2 Å². The molecule has 0 aromatic heterocycles. The Balaban J connectivity index is 2.46. The highest BCUT2D eigenvalue weighted by Crippen LogP contribution is 2.16. The molecule has 12 heavy (non-hydrogen) atoms. The molecule has 0 N–H and O–H groups in total. The quantitative estimate of drug-likeness (QED) is 0.583. The standard InChI is InChI=1S/C9H15NO2/c1-7(2)4-10-5-8(6-11)3-9(10)12/h6-8H,3-5H2,1-2H3/t8-/m1/s1. The lowest BCUT2D eigenvalue weighted by Gasteiger charge is -2.17. The van der Waals surface area contributed by atoms with E-state index in [1.54, 1.807) is 4.90 Å². The summed E-state index contributed by atoms with van der Waals surface area (Å²) in [5.41, 5.74) is 0. The Bertz CT molecular complexity index is 189. The fourth-order valence-electron chi connectivity index (χ4n) is 1.51. The van der Waals surface area contributed by atoms with Gasteiger partial charge in [-0.1, -0.05) is 13.8 Å². The van der Waals surface area contributed by atoms with Gasteiger partial charge in [-0.25, -0.2) is 0 Å². The molecule has 0 bridgehead atoms. The first kappa shape index (κ1) is 9.23. The van der Waals surface area contributed by atoms with Crippen molar-refractivity contribution in [1.29, 1.82) is 0 Å². The second kappa shape index (κ2) is 3.70. The van der Waals surface area contributed by atoms with Gasteiger partial charge in [-0.15, -0.1) is 0 Å². The minimum atomic E-state index is -0.0590. The molecule has 1 saturated heterocycles. The number of nitrogens with zero attached hydrogens (tertiary/aromatic N) is 1. The number of aldehydes is 1. The second-order valence-electron chi connectivity index (χ2n) is 3.79. The lowest BCUT2D eigenvalue weighted by molar-refractivity contribution is -0.128. The first-order valence-electron chi connectivity index (χ1n) is 4.36. The van der Waals surface area contributed by atoms with Crippen LogP contribution in [0.5, 0.6) is 0 Å². The van der Waals surface area contributed by atoms with Crippen molar-refractivity contribution in [2.45, 2.75) is 20.3 Å². The van der Waals surface area contributed by atoms with Gasteiger partial charge in [0.15, 0.2) is 0 Å². The van der Waals surface area contributed by atoms with E-state index in [2.05, 4.69) is 13.8 Å². The summed E-state index contributed by atoms with van der Waals surface area (Å²) in [6.45, 7) is 5.55. The number of amides is 1. The fraction of sp³-hybridized carbons (Fsp3) is 0.778. The first-order chi connectivity index (χ1) is 5.63. The number of hydrogen-bond acceptors (Lipinski definition) is 2. The van der Waals surface area contributed by atoms with Gasteiger partial charge in [0.1, 0.15) is 6.29 Å². The molecule has 3 nitrogen and oxygen atoms in total. The highest BCUT2D eigenvalue weighted by atomic mass is 16.2. The molecule has 1 heterocycles. The lowest BCUT2D eigenvalue weighted by Crippen LogP contribution is -2.29. The summed E-state index contributed by atoms with van der Waals surface area (Å²) in [4.78, 5) is 23.4. The van der Waals surface area contributed by atoms with Crippen molar-refractivity contribution in [2.75, 3.05) is 13.1 Å². The van der Waals surface area contributed by atoms with E-state index in [0.717, 1.165) is 12.8 Å². The second-order valence-corrected chi connectivity index (χ2v) is 3.79. The maximum absolute atomic E-state index is 11.2. The Labute approximate surface area is 72.7 Å². The van der Waals surface area contributed by atoms with Crippen LogP contribution in [0.3, 0.4) is 0 Å². The zero-order valence-corrected chi connectivity index (χ0v) is 7.62. The Kier molecular flexibility index (Phi) is 2.84. The zero-order chi connectivity index (χ0) is 9.14. The van der Waals surface area contributed by atoms with Crippen LogP contribution in [0.2, 0.25) is 0 Å². The molecule has 0 aromatic rings. The Morgan fingerprint density at radius 3 is 2.75 bits per heavy atom. The van der Waals surface area contributed by atoms with Crippen molar-refractivity contribution in [3.63, 3.8) is 0 Å². The number of carbonyl (C=O) groups excluding carboxylic acids is 2. The van der Waals surface area contributed by atoms with Gasteiger partial charge in [-0.3, -0.25) is 4.79 Å². The largest absolute Gasteiger partial charge is 0.342 e. The van der Waals surface area contributed by atoms with E-state index in [-0.39, 0.29) is 11.8 Å². The number of likely N-dealkylation sites (tertiary alicyclic amines) is 1. The topological polar surface area (TPSA) is 37.4 Å². The van der Waals surface area contributed by atoms with Gasteiger partial charge in [0.2, 0.25) is 5.91 Å². The van der Waals surface area contributed by atoms with Crippen LogP contribution in [0.4, 0.5) is 0 Å². The van der Waals surface area contributed by atoms with E-state index in [4.69, 9.17) is 0 Å². The summed E-state index contributed by atoms with van der Waals surface area (Å²) in [7, 11) is 0. The minimum Gasteiger partial charge on any atom is -0.342 e. The zero-order valence-electron chi connectivity index (χ0n) is 7.62. The van der Waals surface area contributed by atoms with Crippen LogP contribution in [0.1, 0.15) is 20.3 Å². The van der Waals surface area contributed by atoms with E-state index in [1.165, 1.54) is 0 Å². The number of hydrogen-bond donors (Lipinski definition) is 0. The monoisotopic (exact) mass is 169 g/mol. The molecule has 1 rings (SSSR count). The SMILES string of the molecule is CC(C)CN1C[C@H](C=O)CC1=O. The van der Waals surface area contributed by atoms with Gasteiger partial charge in [-0.05, 0) is 5.92 Å². The van der Waals surface area contributed by atoms with E-state index < -0.39 is 0 Å². The van der Waals surface area contributed by atoms with Crippen LogP contribution in [0, 0.1) is 11.8 Å². The van der Waals surface area contributed by atoms with E-state index in [9.17, 15) is 9.59 Å². The summed E-state index contributed by atoms with van der Waals surface area (Å²) in [6, 6.07) is 0. The lowest BCUT2D eigenvalue weighted by atomic mass is 10.1. The molecular weight excluding hydrogens is 154 g/mol. The Hall–Kier alpha value is -0.860. The molecule has 0 radical (unpaired) electrons. The van der Waals surface area contributed by atoms with Crippen LogP contribution < -0.4 is 0 Å². The molecular formula is C9H15NO2. The molecule has 68 valence electrons. The molecule has 1 atom stereocenters. The van der Waals surface area contributed by atoms with Crippen molar-refractivity contribution in [3.8, 4) is 0 Å². The molecule has 0 aromatic carbocycles. The van der Waals surface area contributed by atoms with Crippen molar-refractivity contribution in [1.82, 2.24) is 4.90 Å². The summed E-state index contributed by atoms with van der Waals surface area (Å²) in [5.74, 6) is 0.552. The van der Waals surface area contributed by atoms with Gasteiger partial charge >= 0.3 is 0 Å². The molecule has 1 fully saturated rings. The molecule has 0 unspecified atom stereocenters. The predicted octanol–water partition coefficient (Wildman–Crippen LogP) is 0.690. The summed E-state index contributed by atoms with van der Waals surface area (Å²) < 4.78 is 0. The number of rotatable bonds is 3. The van der Waals surface area contributed by atoms with E-state index in [0.29, 0.717) is 18.9 Å². The fourth-order valence-corrected chi connectivity index (χ4v) is 1.51. The van der Waals surface area contributed by atoms with Crippen molar-refractivity contribution < 1.29 is 9.59 Å². The van der Waals surface area contributed by atoms with Crippen LogP contribution in [0.25, 0.3) is 0 Å². The van der Waals surface area contributed by atoms with E-state index in [1.807, 2.05) is 0 Å². The van der Waals surface area contributed by atoms with Gasteiger partial charge in [0.05, 0.1) is 0 Å². The van der Waals surface area contributed by atoms with Crippen LogP contribution in [-0.2, 0) is 9.59 Å². The maximum Gasteiger partial charge on any atom is 0.223 e. The molecule has 0 spiro atoms. The predicted molar refractivity (Wildman–Crippen MR) is 45.6 cm³/mol. The van der Waals surface area contributed by atoms with Gasteiger partial charge in [0.25, 0.3) is 0 Å². The van der Waals surface area contributed by atoms with Crippen molar-refractivity contribution >= 4 is 12.2 Å².